The third-order valence-corrected chi connectivity index (χ3v) is 3.72. The van der Waals surface area contributed by atoms with Crippen LogP contribution < -0.4 is 5.32 Å². The maximum Gasteiger partial charge on any atom is 0.0897 e. The molecule has 1 N–H and O–H groups in total. The van der Waals surface area contributed by atoms with Gasteiger partial charge >= 0.3 is 0 Å². The smallest absolute Gasteiger partial charge is 0.0897 e. The fourth-order valence-corrected chi connectivity index (χ4v) is 2.75. The van der Waals surface area contributed by atoms with Crippen LogP contribution in [0.4, 0.5) is 0 Å². The number of aromatic nitrogens is 1. The van der Waals surface area contributed by atoms with E-state index >= 15 is 0 Å². The number of nitrogens with one attached hydrogen (secondary N) is 1. The van der Waals surface area contributed by atoms with Gasteiger partial charge in [0.15, 0.2) is 0 Å². The van der Waals surface area contributed by atoms with Crippen LogP contribution >= 0.6 is 11.3 Å². The van der Waals surface area contributed by atoms with Crippen LogP contribution in [0.1, 0.15) is 34.0 Å². The van der Waals surface area contributed by atoms with Crippen LogP contribution in [0.25, 0.3) is 0 Å². The molecule has 0 saturated heterocycles. The van der Waals surface area contributed by atoms with Gasteiger partial charge in [-0.15, -0.1) is 11.3 Å². The first kappa shape index (κ1) is 12.3. The topological polar surface area (TPSA) is 24.9 Å². The minimum atomic E-state index is 0.270. The van der Waals surface area contributed by atoms with Gasteiger partial charge in [0.05, 0.1) is 11.0 Å². The van der Waals surface area contributed by atoms with Crippen LogP contribution in [0.5, 0.6) is 0 Å². The Bertz CT molecular complexity index is 473. The molecule has 1 unspecified atom stereocenters. The first-order valence-corrected chi connectivity index (χ1v) is 6.74. The summed E-state index contributed by atoms with van der Waals surface area (Å²) in [6.45, 7) is 7.25. The van der Waals surface area contributed by atoms with Crippen molar-refractivity contribution in [1.29, 1.82) is 0 Å². The molecule has 0 radical (unpaired) electrons. The molecule has 1 aromatic carbocycles. The number of nitrogens with zero attached hydrogens (tertiary/aromatic N) is 1. The highest BCUT2D eigenvalue weighted by atomic mass is 32.1. The monoisotopic (exact) mass is 246 g/mol. The summed E-state index contributed by atoms with van der Waals surface area (Å²) >= 11 is 1.76. The Hall–Kier alpha value is -1.19. The highest BCUT2D eigenvalue weighted by molar-refractivity contribution is 7.11. The summed E-state index contributed by atoms with van der Waals surface area (Å²) in [5.74, 6) is 0. The minimum absolute atomic E-state index is 0.270. The van der Waals surface area contributed by atoms with E-state index in [1.54, 1.807) is 11.3 Å². The van der Waals surface area contributed by atoms with Crippen molar-refractivity contribution in [2.24, 2.45) is 0 Å². The Morgan fingerprint density at radius 2 is 1.94 bits per heavy atom. The molecule has 1 aromatic heterocycles. The van der Waals surface area contributed by atoms with Crippen LogP contribution in [0.15, 0.2) is 30.5 Å². The average Bonchev–Trinajstić information content (AvgIpc) is 2.74. The van der Waals surface area contributed by atoms with Gasteiger partial charge < -0.3 is 5.32 Å². The van der Waals surface area contributed by atoms with Crippen LogP contribution in [0.2, 0.25) is 0 Å². The molecule has 2 rings (SSSR count). The Morgan fingerprint density at radius 1 is 1.24 bits per heavy atom. The number of hydrogen-bond acceptors (Lipinski definition) is 3. The summed E-state index contributed by atoms with van der Waals surface area (Å²) in [5, 5.41) is 4.64. The molecule has 0 bridgehead atoms. The number of benzene rings is 1. The second-order valence-electron chi connectivity index (χ2n) is 4.18. The number of rotatable bonds is 4. The summed E-state index contributed by atoms with van der Waals surface area (Å²) in [5.41, 5.74) is 2.60. The Kier molecular flexibility index (Phi) is 3.92. The summed E-state index contributed by atoms with van der Waals surface area (Å²) in [7, 11) is 0. The van der Waals surface area contributed by atoms with Gasteiger partial charge in [0.2, 0.25) is 0 Å². The van der Waals surface area contributed by atoms with Gasteiger partial charge in [0, 0.05) is 11.1 Å². The molecule has 0 aliphatic carbocycles. The predicted octanol–water partition coefficient (Wildman–Crippen LogP) is 3.46. The molecule has 0 aliphatic heterocycles. The third-order valence-electron chi connectivity index (χ3n) is 2.74. The van der Waals surface area contributed by atoms with Gasteiger partial charge in [-0.1, -0.05) is 36.8 Å². The molecular formula is C14H18N2S. The summed E-state index contributed by atoms with van der Waals surface area (Å²) in [6, 6.07) is 8.98. The van der Waals surface area contributed by atoms with Crippen molar-refractivity contribution in [2.45, 2.75) is 26.8 Å². The summed E-state index contributed by atoms with van der Waals surface area (Å²) < 4.78 is 0. The van der Waals surface area contributed by atoms with Crippen molar-refractivity contribution in [3.05, 3.63) is 51.5 Å². The largest absolute Gasteiger partial charge is 0.306 e. The highest BCUT2D eigenvalue weighted by Gasteiger charge is 2.14. The predicted molar refractivity (Wildman–Crippen MR) is 73.5 cm³/mol. The van der Waals surface area contributed by atoms with E-state index < -0.39 is 0 Å². The van der Waals surface area contributed by atoms with Crippen LogP contribution in [0.3, 0.4) is 0 Å². The van der Waals surface area contributed by atoms with Gasteiger partial charge in [-0.05, 0) is 26.0 Å². The third kappa shape index (κ3) is 2.93. The molecule has 90 valence electrons. The lowest BCUT2D eigenvalue weighted by Gasteiger charge is -2.16. The second-order valence-corrected chi connectivity index (χ2v) is 5.45. The SMILES string of the molecule is CCNC(c1ccc(C)cc1)c1cnc(C)s1. The zero-order chi connectivity index (χ0) is 12.3. The maximum atomic E-state index is 4.34. The molecule has 0 spiro atoms. The first-order chi connectivity index (χ1) is 8.20. The number of thiazole rings is 1. The van der Waals surface area contributed by atoms with E-state index in [4.69, 9.17) is 0 Å². The maximum absolute atomic E-state index is 4.34. The average molecular weight is 246 g/mol. The van der Waals surface area contributed by atoms with Gasteiger partial charge in [-0.3, -0.25) is 0 Å². The van der Waals surface area contributed by atoms with Crippen molar-refractivity contribution < 1.29 is 0 Å². The highest BCUT2D eigenvalue weighted by Crippen LogP contribution is 2.26. The summed E-state index contributed by atoms with van der Waals surface area (Å²) in [4.78, 5) is 5.63. The van der Waals surface area contributed by atoms with Crippen molar-refractivity contribution in [3.63, 3.8) is 0 Å². The van der Waals surface area contributed by atoms with E-state index in [1.165, 1.54) is 16.0 Å². The van der Waals surface area contributed by atoms with Crippen LogP contribution in [0, 0.1) is 13.8 Å². The fraction of sp³-hybridized carbons (Fsp3) is 0.357. The molecule has 0 amide bonds. The standard InChI is InChI=1S/C14H18N2S/c1-4-15-14(13-9-16-11(3)17-13)12-7-5-10(2)6-8-12/h5-9,14-15H,4H2,1-3H3. The molecule has 0 aliphatic rings. The zero-order valence-corrected chi connectivity index (χ0v) is 11.3. The molecule has 0 fully saturated rings. The molecular weight excluding hydrogens is 228 g/mol. The molecule has 0 saturated carbocycles. The van der Waals surface area contributed by atoms with Gasteiger partial charge in [-0.2, -0.15) is 0 Å². The molecule has 3 heteroatoms. The lowest BCUT2D eigenvalue weighted by molar-refractivity contribution is 0.638. The Morgan fingerprint density at radius 3 is 2.47 bits per heavy atom. The molecule has 17 heavy (non-hydrogen) atoms. The second kappa shape index (κ2) is 5.43. The fourth-order valence-electron chi connectivity index (χ4n) is 1.86. The van der Waals surface area contributed by atoms with Crippen molar-refractivity contribution >= 4 is 11.3 Å². The van der Waals surface area contributed by atoms with E-state index in [1.807, 2.05) is 13.1 Å². The summed E-state index contributed by atoms with van der Waals surface area (Å²) in [6.07, 6.45) is 1.98. The normalized spacial score (nSPS) is 12.6. The first-order valence-electron chi connectivity index (χ1n) is 5.93. The lowest BCUT2D eigenvalue weighted by Crippen LogP contribution is -2.21. The van der Waals surface area contributed by atoms with Crippen molar-refractivity contribution in [2.75, 3.05) is 6.54 Å². The molecule has 2 nitrogen and oxygen atoms in total. The molecule has 1 atom stereocenters. The van der Waals surface area contributed by atoms with Crippen LogP contribution in [-0.2, 0) is 0 Å². The quantitative estimate of drug-likeness (QED) is 0.893. The van der Waals surface area contributed by atoms with E-state index in [-0.39, 0.29) is 6.04 Å². The minimum Gasteiger partial charge on any atom is -0.306 e. The van der Waals surface area contributed by atoms with Gasteiger partial charge in [-0.25, -0.2) is 4.98 Å². The number of aryl methyl sites for hydroxylation is 2. The Balaban J connectivity index is 2.31. The Labute approximate surface area is 107 Å². The lowest BCUT2D eigenvalue weighted by atomic mass is 10.0. The van der Waals surface area contributed by atoms with E-state index in [2.05, 4.69) is 48.4 Å². The van der Waals surface area contributed by atoms with Crippen molar-refractivity contribution in [1.82, 2.24) is 10.3 Å². The molecule has 2 aromatic rings. The van der Waals surface area contributed by atoms with E-state index in [9.17, 15) is 0 Å². The van der Waals surface area contributed by atoms with Gasteiger partial charge in [0.25, 0.3) is 0 Å². The van der Waals surface area contributed by atoms with E-state index in [0.29, 0.717) is 0 Å². The van der Waals surface area contributed by atoms with Crippen molar-refractivity contribution in [3.8, 4) is 0 Å². The van der Waals surface area contributed by atoms with Crippen LogP contribution in [-0.4, -0.2) is 11.5 Å². The molecule has 1 heterocycles. The zero-order valence-electron chi connectivity index (χ0n) is 10.5. The number of hydrogen-bond donors (Lipinski definition) is 1. The van der Waals surface area contributed by atoms with E-state index in [0.717, 1.165) is 11.6 Å². The van der Waals surface area contributed by atoms with Gasteiger partial charge in [0.1, 0.15) is 0 Å².